The largest absolute Gasteiger partial charge is 0.493 e. The molecule has 150 valence electrons. The summed E-state index contributed by atoms with van der Waals surface area (Å²) in [4.78, 5) is 23.6. The summed E-state index contributed by atoms with van der Waals surface area (Å²) in [6, 6.07) is 16.9. The molecule has 0 bridgehead atoms. The molecule has 7 heteroatoms. The van der Waals surface area contributed by atoms with Crippen LogP contribution in [-0.4, -0.2) is 37.1 Å². The molecule has 3 rings (SSSR count). The summed E-state index contributed by atoms with van der Waals surface area (Å²) >= 11 is 0. The lowest BCUT2D eigenvalue weighted by atomic mass is 10.2. The summed E-state index contributed by atoms with van der Waals surface area (Å²) in [6.07, 6.45) is 0. The second kappa shape index (κ2) is 9.05. The monoisotopic (exact) mass is 392 g/mol. The van der Waals surface area contributed by atoms with Crippen molar-refractivity contribution in [2.45, 2.75) is 13.5 Å². The molecule has 0 radical (unpaired) electrons. The lowest BCUT2D eigenvalue weighted by molar-refractivity contribution is 0.102. The topological polar surface area (TPSA) is 76.6 Å². The maximum Gasteiger partial charge on any atom is 0.274 e. The number of methoxy groups -OCH3 is 2. The number of nitrogens with zero attached hydrogens (tertiary/aromatic N) is 3. The fraction of sp³-hybridized carbons (Fsp3) is 0.227. The third-order valence-electron chi connectivity index (χ3n) is 4.32. The van der Waals surface area contributed by atoms with Gasteiger partial charge in [0.2, 0.25) is 5.95 Å². The van der Waals surface area contributed by atoms with Crippen LogP contribution in [0.3, 0.4) is 0 Å². The van der Waals surface area contributed by atoms with Gasteiger partial charge in [-0.1, -0.05) is 30.3 Å². The van der Waals surface area contributed by atoms with Gasteiger partial charge in [-0.05, 0) is 30.7 Å². The highest BCUT2D eigenvalue weighted by Crippen LogP contribution is 2.29. The predicted octanol–water partition coefficient (Wildman–Crippen LogP) is 3.69. The second-order valence-corrected chi connectivity index (χ2v) is 6.56. The first-order valence-electron chi connectivity index (χ1n) is 9.14. The Labute approximate surface area is 170 Å². The van der Waals surface area contributed by atoms with E-state index in [0.717, 1.165) is 5.56 Å². The van der Waals surface area contributed by atoms with Crippen molar-refractivity contribution in [1.29, 1.82) is 0 Å². The third-order valence-corrected chi connectivity index (χ3v) is 4.32. The van der Waals surface area contributed by atoms with E-state index in [9.17, 15) is 4.79 Å². The Balaban J connectivity index is 1.79. The first kappa shape index (κ1) is 20.1. The summed E-state index contributed by atoms with van der Waals surface area (Å²) in [5.74, 6) is 1.30. The number of anilines is 2. The van der Waals surface area contributed by atoms with Crippen molar-refractivity contribution in [2.24, 2.45) is 0 Å². The maximum atomic E-state index is 12.8. The van der Waals surface area contributed by atoms with Crippen LogP contribution in [0.5, 0.6) is 11.5 Å². The average Bonchev–Trinajstić information content (AvgIpc) is 2.73. The Hall–Kier alpha value is -3.61. The number of carbonyl (C=O) groups excluding carboxylic acids is 1. The van der Waals surface area contributed by atoms with Gasteiger partial charge in [0.15, 0.2) is 11.5 Å². The number of rotatable bonds is 7. The van der Waals surface area contributed by atoms with Crippen LogP contribution in [0.4, 0.5) is 11.6 Å². The molecule has 0 atom stereocenters. The zero-order valence-corrected chi connectivity index (χ0v) is 17.0. The number of nitrogens with one attached hydrogen (secondary N) is 1. The molecule has 0 aliphatic heterocycles. The van der Waals surface area contributed by atoms with E-state index in [1.807, 2.05) is 49.2 Å². The van der Waals surface area contributed by atoms with Gasteiger partial charge in [-0.25, -0.2) is 9.97 Å². The van der Waals surface area contributed by atoms with Gasteiger partial charge in [-0.3, -0.25) is 4.79 Å². The van der Waals surface area contributed by atoms with Gasteiger partial charge >= 0.3 is 0 Å². The molecule has 1 N–H and O–H groups in total. The SMILES string of the molecule is COc1ccc(NC(=O)c2cc(C)nc(N(C)Cc3ccccc3)n2)cc1OC. The van der Waals surface area contributed by atoms with Crippen LogP contribution in [0.1, 0.15) is 21.7 Å². The van der Waals surface area contributed by atoms with Crippen molar-refractivity contribution in [3.63, 3.8) is 0 Å². The number of benzene rings is 2. The summed E-state index contributed by atoms with van der Waals surface area (Å²) in [7, 11) is 5.01. The Morgan fingerprint density at radius 3 is 2.41 bits per heavy atom. The van der Waals surface area contributed by atoms with Crippen molar-refractivity contribution < 1.29 is 14.3 Å². The van der Waals surface area contributed by atoms with E-state index in [0.29, 0.717) is 41.1 Å². The Morgan fingerprint density at radius 2 is 1.72 bits per heavy atom. The molecule has 7 nitrogen and oxygen atoms in total. The fourth-order valence-corrected chi connectivity index (χ4v) is 2.88. The highest BCUT2D eigenvalue weighted by atomic mass is 16.5. The number of carbonyl (C=O) groups is 1. The molecule has 2 aromatic carbocycles. The third kappa shape index (κ3) is 5.01. The van der Waals surface area contributed by atoms with E-state index >= 15 is 0 Å². The molecule has 0 saturated heterocycles. The number of aryl methyl sites for hydroxylation is 1. The molecule has 1 heterocycles. The van der Waals surface area contributed by atoms with E-state index in [-0.39, 0.29) is 5.91 Å². The molecule has 0 aliphatic carbocycles. The molecule has 0 spiro atoms. The van der Waals surface area contributed by atoms with Gasteiger partial charge in [0.05, 0.1) is 14.2 Å². The van der Waals surface area contributed by atoms with Crippen molar-refractivity contribution in [2.75, 3.05) is 31.5 Å². The van der Waals surface area contributed by atoms with Crippen LogP contribution >= 0.6 is 0 Å². The highest BCUT2D eigenvalue weighted by Gasteiger charge is 2.15. The highest BCUT2D eigenvalue weighted by molar-refractivity contribution is 6.03. The number of ether oxygens (including phenoxy) is 2. The minimum atomic E-state index is -0.322. The molecule has 3 aromatic rings. The maximum absolute atomic E-state index is 12.8. The van der Waals surface area contributed by atoms with Crippen LogP contribution < -0.4 is 19.7 Å². The fourth-order valence-electron chi connectivity index (χ4n) is 2.88. The van der Waals surface area contributed by atoms with Crippen molar-refractivity contribution >= 4 is 17.5 Å². The molecule has 0 saturated carbocycles. The van der Waals surface area contributed by atoms with Crippen LogP contribution in [-0.2, 0) is 6.54 Å². The van der Waals surface area contributed by atoms with Gasteiger partial charge in [-0.15, -0.1) is 0 Å². The molecule has 1 aromatic heterocycles. The van der Waals surface area contributed by atoms with E-state index < -0.39 is 0 Å². The van der Waals surface area contributed by atoms with E-state index in [2.05, 4.69) is 15.3 Å². The Bertz CT molecular complexity index is 993. The number of aromatic nitrogens is 2. The van der Waals surface area contributed by atoms with E-state index in [4.69, 9.17) is 9.47 Å². The quantitative estimate of drug-likeness (QED) is 0.661. The van der Waals surface area contributed by atoms with Gasteiger partial charge in [0.25, 0.3) is 5.91 Å². The summed E-state index contributed by atoms with van der Waals surface area (Å²) in [5.41, 5.74) is 2.73. The van der Waals surface area contributed by atoms with Crippen molar-refractivity contribution in [3.8, 4) is 11.5 Å². The average molecular weight is 392 g/mol. The van der Waals surface area contributed by atoms with Crippen LogP contribution in [0, 0.1) is 6.92 Å². The minimum Gasteiger partial charge on any atom is -0.493 e. The molecule has 1 amide bonds. The van der Waals surface area contributed by atoms with Gasteiger partial charge in [0.1, 0.15) is 5.69 Å². The van der Waals surface area contributed by atoms with Gasteiger partial charge in [-0.2, -0.15) is 0 Å². The van der Waals surface area contributed by atoms with Gasteiger partial charge in [0, 0.05) is 31.0 Å². The summed E-state index contributed by atoms with van der Waals surface area (Å²) in [6.45, 7) is 2.48. The normalized spacial score (nSPS) is 10.3. The zero-order chi connectivity index (χ0) is 20.8. The lowest BCUT2D eigenvalue weighted by Crippen LogP contribution is -2.22. The molecule has 29 heavy (non-hydrogen) atoms. The zero-order valence-electron chi connectivity index (χ0n) is 17.0. The number of amides is 1. The van der Waals surface area contributed by atoms with Crippen LogP contribution in [0.2, 0.25) is 0 Å². The van der Waals surface area contributed by atoms with Gasteiger partial charge < -0.3 is 19.7 Å². The molecule has 0 fully saturated rings. The van der Waals surface area contributed by atoms with Crippen molar-refractivity contribution in [3.05, 3.63) is 71.5 Å². The Morgan fingerprint density at radius 1 is 1.00 bits per heavy atom. The summed E-state index contributed by atoms with van der Waals surface area (Å²) in [5, 5.41) is 2.84. The molecule has 0 unspecified atom stereocenters. The minimum absolute atomic E-state index is 0.294. The molecular formula is C22H24N4O3. The number of hydrogen-bond acceptors (Lipinski definition) is 6. The van der Waals surface area contributed by atoms with E-state index in [1.54, 1.807) is 38.5 Å². The standard InChI is InChI=1S/C22H24N4O3/c1-15-12-18(21(27)24-17-10-11-19(28-3)20(13-17)29-4)25-22(23-15)26(2)14-16-8-6-5-7-9-16/h5-13H,14H2,1-4H3,(H,24,27). The molecular weight excluding hydrogens is 368 g/mol. The van der Waals surface area contributed by atoms with Crippen LogP contribution in [0.15, 0.2) is 54.6 Å². The lowest BCUT2D eigenvalue weighted by Gasteiger charge is -2.18. The van der Waals surface area contributed by atoms with E-state index in [1.165, 1.54) is 0 Å². The smallest absolute Gasteiger partial charge is 0.274 e. The first-order valence-corrected chi connectivity index (χ1v) is 9.14. The Kier molecular flexibility index (Phi) is 6.29. The number of hydrogen-bond donors (Lipinski definition) is 1. The molecule has 0 aliphatic rings. The van der Waals surface area contributed by atoms with Crippen LogP contribution in [0.25, 0.3) is 0 Å². The van der Waals surface area contributed by atoms with Crippen molar-refractivity contribution in [1.82, 2.24) is 9.97 Å². The second-order valence-electron chi connectivity index (χ2n) is 6.56. The summed E-state index contributed by atoms with van der Waals surface area (Å²) < 4.78 is 10.5. The predicted molar refractivity (Wildman–Crippen MR) is 113 cm³/mol. The first-order chi connectivity index (χ1) is 14.0.